The molecule has 0 aliphatic carbocycles. The Bertz CT molecular complexity index is 1270. The molecule has 60 heavy (non-hydrogen) atoms. The van der Waals surface area contributed by atoms with Crippen LogP contribution in [0.25, 0.3) is 0 Å². The van der Waals surface area contributed by atoms with Crippen LogP contribution in [0.4, 0.5) is 0 Å². The van der Waals surface area contributed by atoms with Gasteiger partial charge in [-0.2, -0.15) is 0 Å². The van der Waals surface area contributed by atoms with E-state index in [1.807, 2.05) is 45.4 Å². The Morgan fingerprint density at radius 1 is 0.617 bits per heavy atom. The van der Waals surface area contributed by atoms with E-state index in [1.165, 1.54) is 32.1 Å². The fraction of sp³-hybridized carbons (Fsp3) is 0.714. The summed E-state index contributed by atoms with van der Waals surface area (Å²) in [6, 6.07) is 0. The minimum atomic E-state index is -4.40. The van der Waals surface area contributed by atoms with E-state index in [0.717, 1.165) is 89.9 Å². The first-order valence-corrected chi connectivity index (χ1v) is 24.8. The highest BCUT2D eigenvalue weighted by Crippen LogP contribution is 2.43. The summed E-state index contributed by atoms with van der Waals surface area (Å²) in [6.45, 7) is 4.12. The number of rotatable bonds is 41. The van der Waals surface area contributed by atoms with Crippen molar-refractivity contribution in [2.45, 2.75) is 180 Å². The minimum absolute atomic E-state index is 0.0130. The predicted octanol–water partition coefficient (Wildman–Crippen LogP) is 12.4. The van der Waals surface area contributed by atoms with Crippen molar-refractivity contribution < 1.29 is 47.2 Å². The smallest absolute Gasteiger partial charge is 0.462 e. The average Bonchev–Trinajstić information content (AvgIpc) is 3.19. The predicted molar refractivity (Wildman–Crippen MR) is 248 cm³/mol. The number of likely N-dealkylation sites (N-methyl/N-ethyl adjacent to an activating group) is 1. The van der Waals surface area contributed by atoms with Crippen LogP contribution < -0.4 is 0 Å². The third kappa shape index (κ3) is 43.5. The van der Waals surface area contributed by atoms with E-state index in [0.29, 0.717) is 30.3 Å². The Hall–Kier alpha value is -2.59. The monoisotopic (exact) mass is 865 g/mol. The van der Waals surface area contributed by atoms with Gasteiger partial charge in [0.05, 0.1) is 33.9 Å². The molecular formula is C49H87NO9P+. The second-order valence-electron chi connectivity index (χ2n) is 16.6. The maximum atomic E-state index is 12.7. The fourth-order valence-corrected chi connectivity index (χ4v) is 6.62. The normalized spacial score (nSPS) is 14.7. The van der Waals surface area contributed by atoms with E-state index in [2.05, 4.69) is 56.4 Å². The number of unbranched alkanes of at least 4 members (excludes halogenated alkanes) is 15. The van der Waals surface area contributed by atoms with Gasteiger partial charge < -0.3 is 24.0 Å². The number of quaternary nitrogens is 1. The molecule has 0 bridgehead atoms. The number of phosphoric ester groups is 1. The Labute approximate surface area is 366 Å². The van der Waals surface area contributed by atoms with Gasteiger partial charge in [-0.05, 0) is 77.0 Å². The summed E-state index contributed by atoms with van der Waals surface area (Å²) >= 11 is 0. The van der Waals surface area contributed by atoms with Crippen LogP contribution in [0.1, 0.15) is 168 Å². The number of esters is 2. The van der Waals surface area contributed by atoms with Crippen LogP contribution in [-0.2, 0) is 32.7 Å². The largest absolute Gasteiger partial charge is 0.472 e. The first-order chi connectivity index (χ1) is 28.9. The van der Waals surface area contributed by atoms with Crippen molar-refractivity contribution in [1.29, 1.82) is 0 Å². The molecule has 0 saturated heterocycles. The summed E-state index contributed by atoms with van der Waals surface area (Å²) in [4.78, 5) is 35.4. The summed E-state index contributed by atoms with van der Waals surface area (Å²) in [5, 5.41) is 9.89. The highest BCUT2D eigenvalue weighted by atomic mass is 31.2. The van der Waals surface area contributed by atoms with Crippen LogP contribution in [0.3, 0.4) is 0 Å². The molecule has 0 spiro atoms. The number of nitrogens with zero attached hydrogens (tertiary/aromatic N) is 1. The lowest BCUT2D eigenvalue weighted by molar-refractivity contribution is -0.870. The van der Waals surface area contributed by atoms with E-state index in [4.69, 9.17) is 18.5 Å². The van der Waals surface area contributed by atoms with Gasteiger partial charge in [0.1, 0.15) is 19.8 Å². The van der Waals surface area contributed by atoms with Crippen molar-refractivity contribution >= 4 is 19.8 Å². The lowest BCUT2D eigenvalue weighted by Crippen LogP contribution is -2.37. The molecule has 2 unspecified atom stereocenters. The third-order valence-electron chi connectivity index (χ3n) is 9.55. The molecule has 10 nitrogen and oxygen atoms in total. The summed E-state index contributed by atoms with van der Waals surface area (Å²) in [6.07, 6.45) is 47.0. The van der Waals surface area contributed by atoms with E-state index in [1.54, 1.807) is 6.08 Å². The van der Waals surface area contributed by atoms with Crippen LogP contribution in [0, 0.1) is 0 Å². The zero-order valence-electron chi connectivity index (χ0n) is 38.5. The number of aliphatic hydroxyl groups is 1. The van der Waals surface area contributed by atoms with Crippen molar-refractivity contribution in [3.8, 4) is 0 Å². The summed E-state index contributed by atoms with van der Waals surface area (Å²) in [5.41, 5.74) is 0. The van der Waals surface area contributed by atoms with Crippen molar-refractivity contribution in [3.63, 3.8) is 0 Å². The first-order valence-electron chi connectivity index (χ1n) is 23.3. The third-order valence-corrected chi connectivity index (χ3v) is 10.5. The Kier molecular flexibility index (Phi) is 38.7. The molecule has 0 aliphatic heterocycles. The van der Waals surface area contributed by atoms with Gasteiger partial charge in [0.15, 0.2) is 6.10 Å². The molecule has 0 fully saturated rings. The quantitative estimate of drug-likeness (QED) is 0.0154. The SMILES string of the molecule is CC/C=C/CC(O)/C=C/C=C/CCCCCCCC(=O)OC[C@H](COP(=O)(O)OCC[N+](C)(C)C)OC(=O)CCCCCCCC/C=C\C/C=C\C/C=C\CCCCCC. The number of aliphatic hydroxyl groups excluding tert-OH is 1. The van der Waals surface area contributed by atoms with Gasteiger partial charge in [-0.3, -0.25) is 18.6 Å². The van der Waals surface area contributed by atoms with Crippen molar-refractivity contribution in [1.82, 2.24) is 0 Å². The fourth-order valence-electron chi connectivity index (χ4n) is 5.88. The van der Waals surface area contributed by atoms with Crippen LogP contribution in [0.2, 0.25) is 0 Å². The molecule has 0 aromatic rings. The van der Waals surface area contributed by atoms with Crippen LogP contribution >= 0.6 is 7.82 Å². The molecule has 0 heterocycles. The highest BCUT2D eigenvalue weighted by molar-refractivity contribution is 7.47. The van der Waals surface area contributed by atoms with Gasteiger partial charge in [-0.15, -0.1) is 0 Å². The van der Waals surface area contributed by atoms with Gasteiger partial charge in [-0.25, -0.2) is 4.57 Å². The lowest BCUT2D eigenvalue weighted by Gasteiger charge is -2.24. The number of carbonyl (C=O) groups is 2. The van der Waals surface area contributed by atoms with Gasteiger partial charge in [-0.1, -0.05) is 151 Å². The average molecular weight is 865 g/mol. The van der Waals surface area contributed by atoms with Crippen molar-refractivity contribution in [3.05, 3.63) is 72.9 Å². The Morgan fingerprint density at radius 3 is 1.73 bits per heavy atom. The molecule has 2 N–H and O–H groups in total. The second kappa shape index (κ2) is 40.5. The molecule has 11 heteroatoms. The van der Waals surface area contributed by atoms with Gasteiger partial charge in [0, 0.05) is 12.8 Å². The van der Waals surface area contributed by atoms with Crippen LogP contribution in [-0.4, -0.2) is 86.1 Å². The molecule has 0 radical (unpaired) electrons. The van der Waals surface area contributed by atoms with E-state index in [9.17, 15) is 24.2 Å². The van der Waals surface area contributed by atoms with Crippen molar-refractivity contribution in [2.75, 3.05) is 47.5 Å². The molecule has 0 aromatic heterocycles. The molecule has 0 aromatic carbocycles. The molecule has 3 atom stereocenters. The number of phosphoric acid groups is 1. The Balaban J connectivity index is 4.42. The zero-order chi connectivity index (χ0) is 44.4. The maximum Gasteiger partial charge on any atom is 0.472 e. The standard InChI is InChI=1S/C49H86NO9P/c1-6-8-10-11-12-13-14-15-16-17-18-19-20-21-22-23-26-30-33-37-41-49(53)59-47(45-58-60(54,55)57-43-42-50(3,4)5)44-56-48(52)40-36-32-29-27-24-25-28-31-35-39-46(51)38-34-9-7-2/h9,13-14,16-17,19-20,28,31,34-35,39,46-47,51H,6-8,10-12,15,18,21-27,29-30,32-33,36-38,40-45H2,1-5H3/p+1/b14-13-,17-16-,20-19-,31-28+,34-9+,39-35+/t46?,47-/m1/s1. The van der Waals surface area contributed by atoms with Gasteiger partial charge >= 0.3 is 19.8 Å². The molecule has 0 rings (SSSR count). The van der Waals surface area contributed by atoms with E-state index in [-0.39, 0.29) is 26.1 Å². The van der Waals surface area contributed by atoms with E-state index < -0.39 is 38.6 Å². The molecule has 0 saturated carbocycles. The summed E-state index contributed by atoms with van der Waals surface area (Å²) in [7, 11) is 1.41. The number of ether oxygens (including phenoxy) is 2. The summed E-state index contributed by atoms with van der Waals surface area (Å²) in [5.74, 6) is -0.872. The Morgan fingerprint density at radius 2 is 1.15 bits per heavy atom. The van der Waals surface area contributed by atoms with Crippen LogP contribution in [0.15, 0.2) is 72.9 Å². The molecule has 0 aliphatic rings. The maximum absolute atomic E-state index is 12.7. The lowest BCUT2D eigenvalue weighted by atomic mass is 10.1. The van der Waals surface area contributed by atoms with Gasteiger partial charge in [0.25, 0.3) is 0 Å². The summed E-state index contributed by atoms with van der Waals surface area (Å²) < 4.78 is 34.3. The number of hydrogen-bond donors (Lipinski definition) is 2. The first kappa shape index (κ1) is 57.4. The number of allylic oxidation sites excluding steroid dienone is 10. The topological polar surface area (TPSA) is 129 Å². The van der Waals surface area contributed by atoms with Crippen LogP contribution in [0.5, 0.6) is 0 Å². The highest BCUT2D eigenvalue weighted by Gasteiger charge is 2.27. The second-order valence-corrected chi connectivity index (χ2v) is 18.1. The number of carbonyl (C=O) groups excluding carboxylic acids is 2. The van der Waals surface area contributed by atoms with Gasteiger partial charge in [0.2, 0.25) is 0 Å². The molecule has 346 valence electrons. The molecule has 0 amide bonds. The molecular weight excluding hydrogens is 778 g/mol. The minimum Gasteiger partial charge on any atom is -0.462 e. The zero-order valence-corrected chi connectivity index (χ0v) is 39.4. The van der Waals surface area contributed by atoms with E-state index >= 15 is 0 Å². The number of hydrogen-bond acceptors (Lipinski definition) is 8. The van der Waals surface area contributed by atoms with Crippen molar-refractivity contribution in [2.24, 2.45) is 0 Å².